The Hall–Kier alpha value is -2.36. The number of methoxy groups -OCH3 is 1. The van der Waals surface area contributed by atoms with E-state index in [1.807, 2.05) is 0 Å². The number of anilines is 1. The van der Waals surface area contributed by atoms with Crippen molar-refractivity contribution < 1.29 is 9.66 Å². The number of ether oxygens (including phenoxy) is 1. The van der Waals surface area contributed by atoms with Crippen molar-refractivity contribution >= 4 is 39.2 Å². The van der Waals surface area contributed by atoms with Crippen molar-refractivity contribution in [2.45, 2.75) is 37.8 Å². The number of benzene rings is 1. The molecule has 4 N–H and O–H groups in total. The summed E-state index contributed by atoms with van der Waals surface area (Å²) in [4.78, 5) is 21.5. The lowest BCUT2D eigenvalue weighted by Gasteiger charge is -2.45. The van der Waals surface area contributed by atoms with E-state index in [0.29, 0.717) is 28.8 Å². The minimum atomic E-state index is -0.754. The van der Waals surface area contributed by atoms with E-state index in [2.05, 4.69) is 25.9 Å². The number of rotatable bonds is 3. The van der Waals surface area contributed by atoms with Crippen LogP contribution in [0.2, 0.25) is 0 Å². The van der Waals surface area contributed by atoms with E-state index in [1.54, 1.807) is 11.0 Å². The van der Waals surface area contributed by atoms with Gasteiger partial charge in [0.1, 0.15) is 17.1 Å². The van der Waals surface area contributed by atoms with Gasteiger partial charge in [0.05, 0.1) is 22.6 Å². The summed E-state index contributed by atoms with van der Waals surface area (Å²) < 4.78 is 5.63. The van der Waals surface area contributed by atoms with Crippen molar-refractivity contribution in [3.05, 3.63) is 26.7 Å². The Morgan fingerprint density at radius 3 is 2.60 bits per heavy atom. The molecule has 1 heterocycles. The van der Waals surface area contributed by atoms with Crippen LogP contribution >= 0.6 is 15.9 Å². The molecule has 0 amide bonds. The third-order valence-electron chi connectivity index (χ3n) is 4.52. The molecule has 0 bridgehead atoms. The fourth-order valence-electron chi connectivity index (χ4n) is 3.48. The number of hydrogen-bond donors (Lipinski definition) is 2. The molecule has 3 rings (SSSR count). The summed E-state index contributed by atoms with van der Waals surface area (Å²) in [6.45, 7) is 0. The second kappa shape index (κ2) is 6.51. The summed E-state index contributed by atoms with van der Waals surface area (Å²) in [5, 5.41) is 11.7. The average Bonchev–Trinajstić information content (AvgIpc) is 2.55. The first kappa shape index (κ1) is 17.5. The van der Waals surface area contributed by atoms with E-state index in [0.717, 1.165) is 19.3 Å². The van der Waals surface area contributed by atoms with E-state index in [4.69, 9.17) is 16.2 Å². The van der Waals surface area contributed by atoms with Gasteiger partial charge in [-0.15, -0.1) is 0 Å². The lowest BCUT2D eigenvalue weighted by molar-refractivity contribution is -0.384. The standard InChI is InChI=1S/C15H19BrN6O3/c1-25-9-7-10(16)12(11(8-9)22(23)24)21-14(18)19-13(17)20-15(21)5-3-2-4-6-15/h7-8H,2-6H2,1H3,(H4,17,18,19,20). The molecule has 0 radical (unpaired) electrons. The third-order valence-corrected chi connectivity index (χ3v) is 5.13. The highest BCUT2D eigenvalue weighted by Crippen LogP contribution is 2.46. The number of nitro groups is 1. The number of halogens is 1. The van der Waals surface area contributed by atoms with Gasteiger partial charge in [0.15, 0.2) is 0 Å². The molecule has 9 nitrogen and oxygen atoms in total. The van der Waals surface area contributed by atoms with Crippen LogP contribution in [0.5, 0.6) is 5.75 Å². The largest absolute Gasteiger partial charge is 0.496 e. The Labute approximate surface area is 153 Å². The van der Waals surface area contributed by atoms with Gasteiger partial charge in [-0.3, -0.25) is 15.0 Å². The summed E-state index contributed by atoms with van der Waals surface area (Å²) in [6, 6.07) is 3.03. The van der Waals surface area contributed by atoms with Gasteiger partial charge in [0, 0.05) is 0 Å². The molecule has 1 fully saturated rings. The molecular formula is C15H19BrN6O3. The summed E-state index contributed by atoms with van der Waals surface area (Å²) in [6.07, 6.45) is 4.33. The molecule has 0 unspecified atom stereocenters. The van der Waals surface area contributed by atoms with Crippen LogP contribution in [0.1, 0.15) is 32.1 Å². The van der Waals surface area contributed by atoms with Gasteiger partial charge in [0.25, 0.3) is 5.69 Å². The lowest BCUT2D eigenvalue weighted by Crippen LogP contribution is -2.58. The molecule has 1 saturated carbocycles. The van der Waals surface area contributed by atoms with Gasteiger partial charge >= 0.3 is 0 Å². The smallest absolute Gasteiger partial charge is 0.297 e. The number of guanidine groups is 2. The molecule has 1 aliphatic heterocycles. The predicted molar refractivity (Wildman–Crippen MR) is 98.9 cm³/mol. The molecule has 1 aromatic carbocycles. The van der Waals surface area contributed by atoms with E-state index < -0.39 is 10.6 Å². The maximum Gasteiger partial charge on any atom is 0.297 e. The van der Waals surface area contributed by atoms with Crippen LogP contribution < -0.4 is 21.1 Å². The summed E-state index contributed by atoms with van der Waals surface area (Å²) in [5.74, 6) is 0.571. The molecular weight excluding hydrogens is 392 g/mol. The molecule has 0 aromatic heterocycles. The Morgan fingerprint density at radius 1 is 1.32 bits per heavy atom. The normalized spacial score (nSPS) is 19.4. The first-order valence-electron chi connectivity index (χ1n) is 7.89. The predicted octanol–water partition coefficient (Wildman–Crippen LogP) is 2.48. The average molecular weight is 411 g/mol. The summed E-state index contributed by atoms with van der Waals surface area (Å²) >= 11 is 3.42. The topological polar surface area (TPSA) is 132 Å². The zero-order valence-corrected chi connectivity index (χ0v) is 15.3. The second-order valence-corrected chi connectivity index (χ2v) is 6.91. The van der Waals surface area contributed by atoms with E-state index >= 15 is 0 Å². The van der Waals surface area contributed by atoms with Gasteiger partial charge in [-0.25, -0.2) is 4.99 Å². The van der Waals surface area contributed by atoms with E-state index in [-0.39, 0.29) is 17.6 Å². The lowest BCUT2D eigenvalue weighted by atomic mass is 9.87. The molecule has 10 heteroatoms. The number of hydrogen-bond acceptors (Lipinski definition) is 8. The Morgan fingerprint density at radius 2 is 2.00 bits per heavy atom. The molecule has 1 aliphatic carbocycles. The van der Waals surface area contributed by atoms with Gasteiger partial charge in [-0.2, -0.15) is 4.99 Å². The Bertz CT molecular complexity index is 773. The maximum atomic E-state index is 11.7. The highest BCUT2D eigenvalue weighted by Gasteiger charge is 2.45. The fourth-order valence-corrected chi connectivity index (χ4v) is 4.09. The summed E-state index contributed by atoms with van der Waals surface area (Å²) in [5.41, 5.74) is 11.4. The molecule has 2 aliphatic rings. The van der Waals surface area contributed by atoms with Gasteiger partial charge in [-0.05, 0) is 47.7 Å². The van der Waals surface area contributed by atoms with Crippen LogP contribution in [0.15, 0.2) is 26.6 Å². The first-order chi connectivity index (χ1) is 11.9. The second-order valence-electron chi connectivity index (χ2n) is 6.05. The fraction of sp³-hybridized carbons (Fsp3) is 0.467. The van der Waals surface area contributed by atoms with Crippen molar-refractivity contribution in [3.63, 3.8) is 0 Å². The highest BCUT2D eigenvalue weighted by molar-refractivity contribution is 9.10. The number of nitrogens with zero attached hydrogens (tertiary/aromatic N) is 4. The molecule has 0 atom stereocenters. The van der Waals surface area contributed by atoms with E-state index in [1.165, 1.54) is 13.2 Å². The van der Waals surface area contributed by atoms with E-state index in [9.17, 15) is 10.1 Å². The Kier molecular flexibility index (Phi) is 4.55. The first-order valence-corrected chi connectivity index (χ1v) is 8.69. The van der Waals surface area contributed by atoms with Gasteiger partial charge in [-0.1, -0.05) is 6.42 Å². The van der Waals surface area contributed by atoms with Crippen molar-refractivity contribution in [2.75, 3.05) is 12.0 Å². The van der Waals surface area contributed by atoms with Crippen molar-refractivity contribution in [1.29, 1.82) is 0 Å². The molecule has 25 heavy (non-hydrogen) atoms. The quantitative estimate of drug-likeness (QED) is 0.580. The van der Waals surface area contributed by atoms with Crippen LogP contribution in [0, 0.1) is 10.1 Å². The zero-order chi connectivity index (χ0) is 18.2. The van der Waals surface area contributed by atoms with Gasteiger partial charge < -0.3 is 16.2 Å². The minimum Gasteiger partial charge on any atom is -0.496 e. The Balaban J connectivity index is 2.22. The highest BCUT2D eigenvalue weighted by atomic mass is 79.9. The molecule has 0 saturated heterocycles. The van der Waals surface area contributed by atoms with Crippen LogP contribution in [-0.4, -0.2) is 29.6 Å². The number of nitrogens with two attached hydrogens (primary N) is 2. The summed E-state index contributed by atoms with van der Waals surface area (Å²) in [7, 11) is 1.45. The van der Waals surface area contributed by atoms with Crippen molar-refractivity contribution in [2.24, 2.45) is 21.5 Å². The van der Waals surface area contributed by atoms with Crippen LogP contribution in [-0.2, 0) is 0 Å². The van der Waals surface area contributed by atoms with Crippen molar-refractivity contribution in [1.82, 2.24) is 0 Å². The van der Waals surface area contributed by atoms with Crippen LogP contribution in [0.4, 0.5) is 11.4 Å². The van der Waals surface area contributed by atoms with Crippen molar-refractivity contribution in [3.8, 4) is 5.75 Å². The third kappa shape index (κ3) is 3.01. The van der Waals surface area contributed by atoms with Crippen LogP contribution in [0.25, 0.3) is 0 Å². The SMILES string of the molecule is COc1cc(Br)c(N2C(N)=NC(N)=NC23CCCCC3)c([N+](=O)[O-])c1. The molecule has 134 valence electrons. The molecule has 1 spiro atoms. The number of nitro benzene ring substituents is 1. The van der Waals surface area contributed by atoms with Crippen LogP contribution in [0.3, 0.4) is 0 Å². The zero-order valence-electron chi connectivity index (χ0n) is 13.7. The maximum absolute atomic E-state index is 11.7. The minimum absolute atomic E-state index is 0.0999. The molecule has 1 aromatic rings. The number of aliphatic imine (C=N–C) groups is 2. The monoisotopic (exact) mass is 410 g/mol. The van der Waals surface area contributed by atoms with Gasteiger partial charge in [0.2, 0.25) is 11.9 Å².